The zero-order chi connectivity index (χ0) is 22.1. The van der Waals surface area contributed by atoms with Crippen molar-refractivity contribution in [3.8, 4) is 5.69 Å². The van der Waals surface area contributed by atoms with Crippen LogP contribution in [0.1, 0.15) is 34.4 Å². The Morgan fingerprint density at radius 3 is 2.71 bits per heavy atom. The summed E-state index contributed by atoms with van der Waals surface area (Å²) in [7, 11) is 0. The number of halogens is 1. The fourth-order valence-electron chi connectivity index (χ4n) is 3.40. The fraction of sp³-hybridized carbons (Fsp3) is 0.143. The smallest absolute Gasteiger partial charge is 0.355 e. The van der Waals surface area contributed by atoms with Crippen LogP contribution in [0.5, 0.6) is 0 Å². The number of hydrogen-bond donors (Lipinski definition) is 0. The van der Waals surface area contributed by atoms with E-state index in [4.69, 9.17) is 16.3 Å². The average Bonchev–Trinajstić information content (AvgIpc) is 2.90. The number of aliphatic imine (C=N–C) groups is 1. The van der Waals surface area contributed by atoms with Crippen LogP contribution in [-0.4, -0.2) is 32.8 Å². The lowest BCUT2D eigenvalue weighted by Gasteiger charge is -2.17. The molecule has 0 N–H and O–H groups in total. The summed E-state index contributed by atoms with van der Waals surface area (Å²) < 4.78 is 6.55. The number of carbonyl (C=O) groups excluding carboxylic acids is 1. The largest absolute Gasteiger partial charge is 0.461 e. The highest BCUT2D eigenvalue weighted by Gasteiger charge is 2.27. The standard InChI is InChI=1S/C21H15ClN4O5/c1-2-31-21(28)17-10-19(27)24-18-11-23-20(13-5-3-4-6-15(13)22)14-9-12(26(29)30)7-8-16(14)25(17)18/h3-10H,2,11H2,1H3. The van der Waals surface area contributed by atoms with Gasteiger partial charge in [0.15, 0.2) is 0 Å². The molecule has 4 rings (SSSR count). The molecule has 0 saturated carbocycles. The Kier molecular flexibility index (Phi) is 5.35. The van der Waals surface area contributed by atoms with Gasteiger partial charge < -0.3 is 4.74 Å². The highest BCUT2D eigenvalue weighted by Crippen LogP contribution is 2.31. The monoisotopic (exact) mass is 438 g/mol. The molecule has 31 heavy (non-hydrogen) atoms. The Morgan fingerprint density at radius 1 is 1.23 bits per heavy atom. The Labute approximate surface area is 180 Å². The summed E-state index contributed by atoms with van der Waals surface area (Å²) in [5.41, 5.74) is 0.895. The number of hydrogen-bond acceptors (Lipinski definition) is 7. The number of fused-ring (bicyclic) bond motifs is 3. The molecule has 9 nitrogen and oxygen atoms in total. The zero-order valence-electron chi connectivity index (χ0n) is 16.2. The molecule has 0 unspecified atom stereocenters. The maximum absolute atomic E-state index is 12.6. The van der Waals surface area contributed by atoms with Crippen LogP contribution in [0.25, 0.3) is 5.69 Å². The number of nitro groups is 1. The molecule has 3 aromatic rings. The molecule has 1 aromatic heterocycles. The van der Waals surface area contributed by atoms with Crippen molar-refractivity contribution >= 4 is 29.0 Å². The predicted octanol–water partition coefficient (Wildman–Crippen LogP) is 3.32. The second-order valence-corrected chi connectivity index (χ2v) is 6.96. The quantitative estimate of drug-likeness (QED) is 0.350. The van der Waals surface area contributed by atoms with E-state index in [9.17, 15) is 19.7 Å². The molecule has 1 aliphatic heterocycles. The molecule has 0 spiro atoms. The molecule has 0 saturated heterocycles. The molecule has 10 heteroatoms. The van der Waals surface area contributed by atoms with E-state index in [0.717, 1.165) is 6.07 Å². The van der Waals surface area contributed by atoms with E-state index in [2.05, 4.69) is 9.98 Å². The minimum Gasteiger partial charge on any atom is -0.461 e. The van der Waals surface area contributed by atoms with Crippen molar-refractivity contribution in [2.75, 3.05) is 6.61 Å². The summed E-state index contributed by atoms with van der Waals surface area (Å²) in [4.78, 5) is 44.2. The number of aromatic nitrogens is 2. The SMILES string of the molecule is CCOC(=O)c1cc(=O)nc2n1-c1ccc([N+](=O)[O-])cc1C(c1ccccc1Cl)=NC2. The number of non-ortho nitro benzene ring substituents is 1. The van der Waals surface area contributed by atoms with Gasteiger partial charge in [-0.15, -0.1) is 0 Å². The number of benzene rings is 2. The first kappa shape index (κ1) is 20.4. The van der Waals surface area contributed by atoms with Gasteiger partial charge >= 0.3 is 5.97 Å². The van der Waals surface area contributed by atoms with Gasteiger partial charge in [0, 0.05) is 34.3 Å². The number of nitrogens with zero attached hydrogens (tertiary/aromatic N) is 4. The molecule has 1 aliphatic rings. The van der Waals surface area contributed by atoms with Gasteiger partial charge in [0.25, 0.3) is 11.2 Å². The molecule has 0 fully saturated rings. The van der Waals surface area contributed by atoms with Gasteiger partial charge in [0.05, 0.1) is 29.5 Å². The van der Waals surface area contributed by atoms with Gasteiger partial charge in [-0.2, -0.15) is 4.98 Å². The Hall–Kier alpha value is -3.85. The summed E-state index contributed by atoms with van der Waals surface area (Å²) in [6, 6.07) is 12.2. The van der Waals surface area contributed by atoms with E-state index < -0.39 is 16.5 Å². The first-order valence-electron chi connectivity index (χ1n) is 9.29. The van der Waals surface area contributed by atoms with Crippen LogP contribution in [0.4, 0.5) is 5.69 Å². The van der Waals surface area contributed by atoms with E-state index >= 15 is 0 Å². The van der Waals surface area contributed by atoms with E-state index in [1.807, 2.05) is 0 Å². The molecule has 0 atom stereocenters. The van der Waals surface area contributed by atoms with Crippen molar-refractivity contribution in [2.45, 2.75) is 13.5 Å². The van der Waals surface area contributed by atoms with E-state index in [1.54, 1.807) is 31.2 Å². The Balaban J connectivity index is 2.06. The second-order valence-electron chi connectivity index (χ2n) is 6.55. The van der Waals surface area contributed by atoms with Crippen LogP contribution in [-0.2, 0) is 11.3 Å². The van der Waals surface area contributed by atoms with Gasteiger partial charge in [-0.1, -0.05) is 29.8 Å². The third-order valence-electron chi connectivity index (χ3n) is 4.68. The first-order valence-corrected chi connectivity index (χ1v) is 9.67. The van der Waals surface area contributed by atoms with Crippen LogP contribution < -0.4 is 5.56 Å². The lowest BCUT2D eigenvalue weighted by molar-refractivity contribution is -0.384. The number of nitro benzene ring substituents is 1. The summed E-state index contributed by atoms with van der Waals surface area (Å²) >= 11 is 6.38. The highest BCUT2D eigenvalue weighted by molar-refractivity contribution is 6.35. The van der Waals surface area contributed by atoms with Crippen LogP contribution >= 0.6 is 11.6 Å². The number of esters is 1. The van der Waals surface area contributed by atoms with Gasteiger partial charge in [-0.25, -0.2) is 4.79 Å². The van der Waals surface area contributed by atoms with Crippen LogP contribution in [0.2, 0.25) is 5.02 Å². The van der Waals surface area contributed by atoms with Crippen molar-refractivity contribution in [1.29, 1.82) is 0 Å². The minimum atomic E-state index is -0.714. The molecule has 2 heterocycles. The molecule has 0 bridgehead atoms. The average molecular weight is 439 g/mol. The third-order valence-corrected chi connectivity index (χ3v) is 5.01. The van der Waals surface area contributed by atoms with Crippen molar-refractivity contribution in [3.63, 3.8) is 0 Å². The third kappa shape index (κ3) is 3.71. The lowest BCUT2D eigenvalue weighted by Crippen LogP contribution is -2.24. The number of rotatable bonds is 4. The predicted molar refractivity (Wildman–Crippen MR) is 113 cm³/mol. The van der Waals surface area contributed by atoms with E-state index in [1.165, 1.54) is 22.8 Å². The molecule has 0 radical (unpaired) electrons. The van der Waals surface area contributed by atoms with Gasteiger partial charge in [-0.05, 0) is 19.1 Å². The summed E-state index contributed by atoms with van der Waals surface area (Å²) in [5, 5.41) is 11.8. The second kappa shape index (κ2) is 8.11. The molecule has 2 aromatic carbocycles. The summed E-state index contributed by atoms with van der Waals surface area (Å²) in [6.45, 7) is 1.71. The zero-order valence-corrected chi connectivity index (χ0v) is 17.0. The number of carbonyl (C=O) groups is 1. The van der Waals surface area contributed by atoms with Crippen LogP contribution in [0.15, 0.2) is 58.3 Å². The van der Waals surface area contributed by atoms with Gasteiger partial charge in [0.2, 0.25) is 0 Å². The first-order chi connectivity index (χ1) is 14.9. The highest BCUT2D eigenvalue weighted by atomic mass is 35.5. The van der Waals surface area contributed by atoms with Crippen molar-refractivity contribution in [3.05, 3.63) is 96.7 Å². The van der Waals surface area contributed by atoms with Crippen molar-refractivity contribution in [1.82, 2.24) is 9.55 Å². The van der Waals surface area contributed by atoms with Crippen molar-refractivity contribution in [2.24, 2.45) is 4.99 Å². The molecule has 156 valence electrons. The molecule has 0 aliphatic carbocycles. The van der Waals surface area contributed by atoms with E-state index in [-0.39, 0.29) is 30.4 Å². The summed E-state index contributed by atoms with van der Waals surface area (Å²) in [6.07, 6.45) is 0. The van der Waals surface area contributed by atoms with Crippen LogP contribution in [0.3, 0.4) is 0 Å². The fourth-order valence-corrected chi connectivity index (χ4v) is 3.63. The molecular weight excluding hydrogens is 424 g/mol. The summed E-state index contributed by atoms with van der Waals surface area (Å²) in [5.74, 6) is -0.513. The van der Waals surface area contributed by atoms with Gasteiger partial charge in [-0.3, -0.25) is 24.5 Å². The maximum Gasteiger partial charge on any atom is 0.355 e. The Bertz CT molecular complexity index is 1320. The van der Waals surface area contributed by atoms with Crippen LogP contribution in [0, 0.1) is 10.1 Å². The van der Waals surface area contributed by atoms with E-state index in [0.29, 0.717) is 27.5 Å². The number of ether oxygens (including phenoxy) is 1. The minimum absolute atomic E-state index is 0.0393. The maximum atomic E-state index is 12.6. The lowest BCUT2D eigenvalue weighted by atomic mass is 9.99. The molecule has 0 amide bonds. The normalized spacial score (nSPS) is 12.3. The molecular formula is C21H15ClN4O5. The Morgan fingerprint density at radius 2 is 2.00 bits per heavy atom. The topological polar surface area (TPSA) is 117 Å². The van der Waals surface area contributed by atoms with Gasteiger partial charge in [0.1, 0.15) is 11.5 Å². The van der Waals surface area contributed by atoms with Crippen molar-refractivity contribution < 1.29 is 14.5 Å².